The van der Waals surface area contributed by atoms with Gasteiger partial charge in [-0.1, -0.05) is 17.7 Å². The van der Waals surface area contributed by atoms with Crippen molar-refractivity contribution in [3.8, 4) is 0 Å². The number of rotatable bonds is 6. The lowest BCUT2D eigenvalue weighted by molar-refractivity contribution is -0.146. The van der Waals surface area contributed by atoms with Crippen molar-refractivity contribution in [1.29, 1.82) is 0 Å². The van der Waals surface area contributed by atoms with Crippen molar-refractivity contribution in [3.63, 3.8) is 0 Å². The summed E-state index contributed by atoms with van der Waals surface area (Å²) in [6.07, 6.45) is 1.34. The maximum absolute atomic E-state index is 11.7. The van der Waals surface area contributed by atoms with Crippen molar-refractivity contribution < 1.29 is 23.5 Å². The van der Waals surface area contributed by atoms with Crippen molar-refractivity contribution in [2.75, 3.05) is 18.5 Å². The van der Waals surface area contributed by atoms with Gasteiger partial charge < -0.3 is 19.8 Å². The summed E-state index contributed by atoms with van der Waals surface area (Å²) in [5.41, 5.74) is 1.38. The molecular formula is C16H15ClN2O5. The number of nitrogens with one attached hydrogen (secondary N) is 2. The molecule has 0 aliphatic rings. The van der Waals surface area contributed by atoms with Crippen LogP contribution in [-0.4, -0.2) is 30.9 Å². The van der Waals surface area contributed by atoms with E-state index >= 15 is 0 Å². The highest BCUT2D eigenvalue weighted by molar-refractivity contribution is 6.33. The Balaban J connectivity index is 1.73. The standard InChI is InChI=1S/C16H15ClN2O5/c1-10-4-5-12(11(17)7-10)19-14(20)9-24-15(21)8-18-16(22)13-3-2-6-23-13/h2-7H,8-9H2,1H3,(H,18,22)(H,19,20). The van der Waals surface area contributed by atoms with E-state index in [1.807, 2.05) is 6.92 Å². The number of halogens is 1. The first kappa shape index (κ1) is 17.6. The molecule has 0 aliphatic carbocycles. The molecule has 0 aliphatic heterocycles. The van der Waals surface area contributed by atoms with Crippen LogP contribution in [0.15, 0.2) is 41.0 Å². The maximum atomic E-state index is 11.7. The van der Waals surface area contributed by atoms with Crippen LogP contribution in [0.3, 0.4) is 0 Å². The lowest BCUT2D eigenvalue weighted by Gasteiger charge is -2.09. The second-order valence-corrected chi connectivity index (χ2v) is 5.26. The molecule has 8 heteroatoms. The quantitative estimate of drug-likeness (QED) is 0.778. The van der Waals surface area contributed by atoms with Gasteiger partial charge >= 0.3 is 5.97 Å². The summed E-state index contributed by atoms with van der Waals surface area (Å²) in [6, 6.07) is 8.15. The minimum atomic E-state index is -0.750. The van der Waals surface area contributed by atoms with Gasteiger partial charge in [-0.2, -0.15) is 0 Å². The van der Waals surface area contributed by atoms with Crippen molar-refractivity contribution >= 4 is 35.1 Å². The third-order valence-electron chi connectivity index (χ3n) is 2.90. The summed E-state index contributed by atoms with van der Waals surface area (Å²) < 4.78 is 9.64. The van der Waals surface area contributed by atoms with Crippen LogP contribution >= 0.6 is 11.6 Å². The zero-order chi connectivity index (χ0) is 17.5. The number of aryl methyl sites for hydroxylation is 1. The first-order chi connectivity index (χ1) is 11.5. The SMILES string of the molecule is Cc1ccc(NC(=O)COC(=O)CNC(=O)c2ccco2)c(Cl)c1. The smallest absolute Gasteiger partial charge is 0.325 e. The number of anilines is 1. The van der Waals surface area contributed by atoms with Crippen LogP contribution in [0.4, 0.5) is 5.69 Å². The first-order valence-electron chi connectivity index (χ1n) is 6.99. The van der Waals surface area contributed by atoms with Crippen LogP contribution in [0.5, 0.6) is 0 Å². The number of benzene rings is 1. The molecule has 2 aromatic rings. The Kier molecular flexibility index (Phi) is 5.97. The Bertz CT molecular complexity index is 743. The Morgan fingerprint density at radius 1 is 1.25 bits per heavy atom. The normalized spacial score (nSPS) is 10.1. The fraction of sp³-hybridized carbons (Fsp3) is 0.188. The summed E-state index contributed by atoms with van der Waals surface area (Å²) in [6.45, 7) is 1.01. The lowest BCUT2D eigenvalue weighted by atomic mass is 10.2. The molecule has 126 valence electrons. The highest BCUT2D eigenvalue weighted by atomic mass is 35.5. The van der Waals surface area contributed by atoms with E-state index in [2.05, 4.69) is 10.6 Å². The van der Waals surface area contributed by atoms with Crippen LogP contribution in [0, 0.1) is 6.92 Å². The van der Waals surface area contributed by atoms with E-state index in [-0.39, 0.29) is 12.3 Å². The Hall–Kier alpha value is -2.80. The van der Waals surface area contributed by atoms with E-state index in [0.29, 0.717) is 10.7 Å². The third kappa shape index (κ3) is 5.13. The van der Waals surface area contributed by atoms with Crippen LogP contribution in [-0.2, 0) is 14.3 Å². The number of carbonyl (C=O) groups is 3. The van der Waals surface area contributed by atoms with E-state index in [1.165, 1.54) is 12.3 Å². The molecular weight excluding hydrogens is 336 g/mol. The number of amides is 2. The molecule has 2 amide bonds. The molecule has 0 bridgehead atoms. The number of ether oxygens (including phenoxy) is 1. The van der Waals surface area contributed by atoms with Crippen LogP contribution in [0.25, 0.3) is 0 Å². The molecule has 0 unspecified atom stereocenters. The van der Waals surface area contributed by atoms with Gasteiger partial charge in [0.15, 0.2) is 12.4 Å². The first-order valence-corrected chi connectivity index (χ1v) is 7.37. The second kappa shape index (κ2) is 8.16. The summed E-state index contributed by atoms with van der Waals surface area (Å²) in [5.74, 6) is -1.76. The van der Waals surface area contributed by atoms with Crippen LogP contribution < -0.4 is 10.6 Å². The fourth-order valence-corrected chi connectivity index (χ4v) is 2.03. The molecule has 0 atom stereocenters. The predicted molar refractivity (Wildman–Crippen MR) is 86.8 cm³/mol. The zero-order valence-electron chi connectivity index (χ0n) is 12.8. The number of hydrogen-bond acceptors (Lipinski definition) is 5. The average molecular weight is 351 g/mol. The van der Waals surface area contributed by atoms with Gasteiger partial charge in [0, 0.05) is 0 Å². The van der Waals surface area contributed by atoms with Crippen LogP contribution in [0.2, 0.25) is 5.02 Å². The highest BCUT2D eigenvalue weighted by Crippen LogP contribution is 2.22. The topological polar surface area (TPSA) is 97.6 Å². The molecule has 1 aromatic heterocycles. The van der Waals surface area contributed by atoms with E-state index in [1.54, 1.807) is 24.3 Å². The summed E-state index contributed by atoms with van der Waals surface area (Å²) in [7, 11) is 0. The molecule has 1 aromatic carbocycles. The van der Waals surface area contributed by atoms with Crippen molar-refractivity contribution in [1.82, 2.24) is 5.32 Å². The molecule has 0 saturated heterocycles. The molecule has 0 radical (unpaired) electrons. The van der Waals surface area contributed by atoms with Gasteiger partial charge in [0.25, 0.3) is 11.8 Å². The summed E-state index contributed by atoms with van der Waals surface area (Å²) >= 11 is 5.99. The molecule has 7 nitrogen and oxygen atoms in total. The minimum absolute atomic E-state index is 0.0783. The van der Waals surface area contributed by atoms with Gasteiger partial charge in [-0.25, -0.2) is 0 Å². The van der Waals surface area contributed by atoms with Gasteiger partial charge in [0.05, 0.1) is 17.0 Å². The van der Waals surface area contributed by atoms with E-state index in [9.17, 15) is 14.4 Å². The van der Waals surface area contributed by atoms with E-state index < -0.39 is 24.4 Å². The largest absolute Gasteiger partial charge is 0.459 e. The van der Waals surface area contributed by atoms with Gasteiger partial charge in [0.2, 0.25) is 0 Å². The zero-order valence-corrected chi connectivity index (χ0v) is 13.6. The maximum Gasteiger partial charge on any atom is 0.325 e. The molecule has 0 fully saturated rings. The highest BCUT2D eigenvalue weighted by Gasteiger charge is 2.13. The summed E-state index contributed by atoms with van der Waals surface area (Å²) in [4.78, 5) is 34.8. The average Bonchev–Trinajstić information content (AvgIpc) is 3.08. The second-order valence-electron chi connectivity index (χ2n) is 4.85. The number of carbonyl (C=O) groups excluding carboxylic acids is 3. The van der Waals surface area contributed by atoms with Crippen LogP contribution in [0.1, 0.15) is 16.1 Å². The summed E-state index contributed by atoms with van der Waals surface area (Å²) in [5, 5.41) is 5.23. The molecule has 24 heavy (non-hydrogen) atoms. The van der Waals surface area contributed by atoms with Crippen molar-refractivity contribution in [3.05, 3.63) is 52.9 Å². The molecule has 2 rings (SSSR count). The van der Waals surface area contributed by atoms with E-state index in [4.69, 9.17) is 20.8 Å². The molecule has 2 N–H and O–H groups in total. The van der Waals surface area contributed by atoms with Crippen molar-refractivity contribution in [2.45, 2.75) is 6.92 Å². The van der Waals surface area contributed by atoms with Crippen molar-refractivity contribution in [2.24, 2.45) is 0 Å². The van der Waals surface area contributed by atoms with Gasteiger partial charge in [0.1, 0.15) is 6.54 Å². The minimum Gasteiger partial charge on any atom is -0.459 e. The Labute approximate surface area is 142 Å². The van der Waals surface area contributed by atoms with E-state index in [0.717, 1.165) is 5.56 Å². The molecule has 0 spiro atoms. The number of furan rings is 1. The third-order valence-corrected chi connectivity index (χ3v) is 3.21. The monoisotopic (exact) mass is 350 g/mol. The van der Waals surface area contributed by atoms with Gasteiger partial charge in [-0.3, -0.25) is 14.4 Å². The lowest BCUT2D eigenvalue weighted by Crippen LogP contribution is -2.32. The molecule has 1 heterocycles. The fourth-order valence-electron chi connectivity index (χ4n) is 1.75. The molecule has 0 saturated carbocycles. The number of hydrogen-bond donors (Lipinski definition) is 2. The Morgan fingerprint density at radius 2 is 2.04 bits per heavy atom. The Morgan fingerprint density at radius 3 is 2.71 bits per heavy atom. The van der Waals surface area contributed by atoms with Gasteiger partial charge in [-0.15, -0.1) is 0 Å². The predicted octanol–water partition coefficient (Wildman–Crippen LogP) is 2.15. The number of esters is 1. The van der Waals surface area contributed by atoms with Gasteiger partial charge in [-0.05, 0) is 36.8 Å².